The van der Waals surface area contributed by atoms with Gasteiger partial charge in [-0.2, -0.15) is 0 Å². The number of hydrogen-bond donors (Lipinski definition) is 0. The molecule has 0 bridgehead atoms. The molecule has 0 aliphatic carbocycles. The largest absolute Gasteiger partial charge is 0.444 e. The average molecular weight is 291 g/mol. The highest BCUT2D eigenvalue weighted by atomic mass is 16.4. The van der Waals surface area contributed by atoms with Gasteiger partial charge in [0.05, 0.1) is 12.2 Å². The summed E-state index contributed by atoms with van der Waals surface area (Å²) in [5.74, 6) is 1.37. The van der Waals surface area contributed by atoms with Crippen LogP contribution < -0.4 is 0 Å². The minimum absolute atomic E-state index is 0.0347. The normalized spacial score (nSPS) is 25.7. The highest BCUT2D eigenvalue weighted by Gasteiger charge is 2.47. The molecule has 2 saturated heterocycles. The zero-order valence-corrected chi connectivity index (χ0v) is 12.8. The lowest BCUT2D eigenvalue weighted by molar-refractivity contribution is -0.160. The van der Waals surface area contributed by atoms with Gasteiger partial charge in [-0.1, -0.05) is 6.92 Å². The lowest BCUT2D eigenvalue weighted by Gasteiger charge is -2.41. The van der Waals surface area contributed by atoms with Crippen molar-refractivity contribution in [1.82, 2.24) is 14.8 Å². The first-order valence-corrected chi connectivity index (χ1v) is 7.56. The minimum Gasteiger partial charge on any atom is -0.444 e. The Hall–Kier alpha value is -1.85. The second-order valence-corrected chi connectivity index (χ2v) is 5.83. The highest BCUT2D eigenvalue weighted by Crippen LogP contribution is 2.29. The molecule has 0 saturated carbocycles. The third-order valence-electron chi connectivity index (χ3n) is 4.53. The van der Waals surface area contributed by atoms with E-state index in [1.165, 1.54) is 0 Å². The number of aryl methyl sites for hydroxylation is 2. The summed E-state index contributed by atoms with van der Waals surface area (Å²) >= 11 is 0. The fraction of sp³-hybridized carbons (Fsp3) is 0.667. The standard InChI is InChI=1S/C15H21N3O3/c1-4-11-14(19)17-7-5-6-12(17)15(20)18(11)8-13-16-9(2)10(3)21-13/h11-12H,4-8H2,1-3H3. The van der Waals surface area contributed by atoms with Gasteiger partial charge < -0.3 is 14.2 Å². The van der Waals surface area contributed by atoms with E-state index in [1.807, 2.05) is 20.8 Å². The van der Waals surface area contributed by atoms with Crippen molar-refractivity contribution in [3.63, 3.8) is 0 Å². The van der Waals surface area contributed by atoms with Crippen LogP contribution >= 0.6 is 0 Å². The first-order chi connectivity index (χ1) is 10.0. The zero-order chi connectivity index (χ0) is 15.1. The number of hydrogen-bond acceptors (Lipinski definition) is 4. The molecular formula is C15H21N3O3. The molecule has 2 aliphatic heterocycles. The van der Waals surface area contributed by atoms with Gasteiger partial charge in [-0.25, -0.2) is 4.98 Å². The number of amides is 2. The van der Waals surface area contributed by atoms with Gasteiger partial charge >= 0.3 is 0 Å². The second-order valence-electron chi connectivity index (χ2n) is 5.83. The van der Waals surface area contributed by atoms with Crippen LogP contribution in [-0.4, -0.2) is 45.2 Å². The molecule has 2 amide bonds. The summed E-state index contributed by atoms with van der Waals surface area (Å²) in [6.07, 6.45) is 2.29. The molecule has 6 heteroatoms. The Morgan fingerprint density at radius 2 is 2.05 bits per heavy atom. The van der Waals surface area contributed by atoms with Crippen LogP contribution in [-0.2, 0) is 16.1 Å². The maximum absolute atomic E-state index is 12.7. The number of aromatic nitrogens is 1. The number of fused-ring (bicyclic) bond motifs is 1. The molecular weight excluding hydrogens is 270 g/mol. The van der Waals surface area contributed by atoms with Crippen LogP contribution in [0.15, 0.2) is 4.42 Å². The van der Waals surface area contributed by atoms with Gasteiger partial charge in [0.15, 0.2) is 0 Å². The number of rotatable bonds is 3. The highest BCUT2D eigenvalue weighted by molar-refractivity contribution is 5.97. The van der Waals surface area contributed by atoms with Crippen molar-refractivity contribution in [3.8, 4) is 0 Å². The third kappa shape index (κ3) is 2.22. The molecule has 6 nitrogen and oxygen atoms in total. The fourth-order valence-electron chi connectivity index (χ4n) is 3.29. The maximum atomic E-state index is 12.7. The van der Waals surface area contributed by atoms with E-state index in [-0.39, 0.29) is 30.4 Å². The Morgan fingerprint density at radius 3 is 2.67 bits per heavy atom. The van der Waals surface area contributed by atoms with Gasteiger partial charge in [0, 0.05) is 6.54 Å². The van der Waals surface area contributed by atoms with Crippen molar-refractivity contribution in [1.29, 1.82) is 0 Å². The van der Waals surface area contributed by atoms with E-state index in [1.54, 1.807) is 9.80 Å². The van der Waals surface area contributed by atoms with Crippen LogP contribution in [0.3, 0.4) is 0 Å². The van der Waals surface area contributed by atoms with Crippen LogP contribution in [0.1, 0.15) is 43.5 Å². The molecule has 0 aromatic carbocycles. The summed E-state index contributed by atoms with van der Waals surface area (Å²) in [5, 5.41) is 0. The van der Waals surface area contributed by atoms with E-state index in [4.69, 9.17) is 4.42 Å². The molecule has 2 atom stereocenters. The summed E-state index contributed by atoms with van der Waals surface area (Å²) in [6, 6.07) is -0.670. The van der Waals surface area contributed by atoms with Crippen LogP contribution in [0.25, 0.3) is 0 Å². The number of carbonyl (C=O) groups is 2. The second kappa shape index (κ2) is 5.16. The van der Waals surface area contributed by atoms with E-state index in [0.29, 0.717) is 18.9 Å². The lowest BCUT2D eigenvalue weighted by atomic mass is 10.0. The Balaban J connectivity index is 1.87. The molecule has 1 aromatic heterocycles. The smallest absolute Gasteiger partial charge is 0.246 e. The van der Waals surface area contributed by atoms with Gasteiger partial charge in [0.2, 0.25) is 17.7 Å². The molecule has 1 aromatic rings. The SMILES string of the molecule is CCC1C(=O)N2CCCC2C(=O)N1Cc1nc(C)c(C)o1. The zero-order valence-electron chi connectivity index (χ0n) is 12.8. The van der Waals surface area contributed by atoms with Crippen molar-refractivity contribution in [2.24, 2.45) is 0 Å². The number of nitrogens with zero attached hydrogens (tertiary/aromatic N) is 3. The first-order valence-electron chi connectivity index (χ1n) is 7.56. The van der Waals surface area contributed by atoms with E-state index < -0.39 is 0 Å². The molecule has 2 fully saturated rings. The Labute approximate surface area is 124 Å². The van der Waals surface area contributed by atoms with Crippen molar-refractivity contribution in [2.45, 2.75) is 58.7 Å². The maximum Gasteiger partial charge on any atom is 0.246 e. The molecule has 2 aliphatic rings. The molecule has 3 heterocycles. The van der Waals surface area contributed by atoms with Gasteiger partial charge in [-0.3, -0.25) is 9.59 Å². The van der Waals surface area contributed by atoms with Crippen molar-refractivity contribution >= 4 is 11.8 Å². The van der Waals surface area contributed by atoms with Gasteiger partial charge in [0.1, 0.15) is 17.8 Å². The Morgan fingerprint density at radius 1 is 1.29 bits per heavy atom. The predicted molar refractivity (Wildman–Crippen MR) is 75.3 cm³/mol. The van der Waals surface area contributed by atoms with E-state index in [0.717, 1.165) is 24.3 Å². The summed E-state index contributed by atoms with van der Waals surface area (Å²) in [5.41, 5.74) is 0.830. The summed E-state index contributed by atoms with van der Waals surface area (Å²) in [6.45, 7) is 6.65. The van der Waals surface area contributed by atoms with Crippen LogP contribution in [0.2, 0.25) is 0 Å². The monoisotopic (exact) mass is 291 g/mol. The predicted octanol–water partition coefficient (Wildman–Crippen LogP) is 1.40. The fourth-order valence-corrected chi connectivity index (χ4v) is 3.29. The summed E-state index contributed by atoms with van der Waals surface area (Å²) in [4.78, 5) is 33.0. The third-order valence-corrected chi connectivity index (χ3v) is 4.53. The number of piperazine rings is 1. The van der Waals surface area contributed by atoms with E-state index in [9.17, 15) is 9.59 Å². The molecule has 2 unspecified atom stereocenters. The minimum atomic E-state index is -0.389. The van der Waals surface area contributed by atoms with Crippen molar-refractivity contribution in [2.75, 3.05) is 6.54 Å². The Kier molecular flexibility index (Phi) is 3.47. The van der Waals surface area contributed by atoms with Crippen LogP contribution in [0.5, 0.6) is 0 Å². The van der Waals surface area contributed by atoms with Gasteiger partial charge in [-0.15, -0.1) is 0 Å². The number of oxazole rings is 1. The summed E-state index contributed by atoms with van der Waals surface area (Å²) in [7, 11) is 0. The molecule has 0 N–H and O–H groups in total. The summed E-state index contributed by atoms with van der Waals surface area (Å²) < 4.78 is 5.57. The molecule has 0 radical (unpaired) electrons. The van der Waals surface area contributed by atoms with Crippen molar-refractivity contribution < 1.29 is 14.0 Å². The quantitative estimate of drug-likeness (QED) is 0.844. The van der Waals surface area contributed by atoms with E-state index in [2.05, 4.69) is 4.98 Å². The Bertz CT molecular complexity index is 561. The molecule has 21 heavy (non-hydrogen) atoms. The number of carbonyl (C=O) groups excluding carboxylic acids is 2. The molecule has 114 valence electrons. The van der Waals surface area contributed by atoms with Crippen molar-refractivity contribution in [3.05, 3.63) is 17.3 Å². The topological polar surface area (TPSA) is 66.7 Å². The molecule has 3 rings (SSSR count). The molecule has 0 spiro atoms. The van der Waals surface area contributed by atoms with Crippen LogP contribution in [0.4, 0.5) is 0 Å². The average Bonchev–Trinajstić information content (AvgIpc) is 3.04. The lowest BCUT2D eigenvalue weighted by Crippen LogP contribution is -2.62. The van der Waals surface area contributed by atoms with Crippen LogP contribution in [0, 0.1) is 13.8 Å². The van der Waals surface area contributed by atoms with E-state index >= 15 is 0 Å². The van der Waals surface area contributed by atoms with Gasteiger partial charge in [-0.05, 0) is 33.1 Å². The van der Waals surface area contributed by atoms with Gasteiger partial charge in [0.25, 0.3) is 0 Å². The first kappa shape index (κ1) is 14.1.